The first-order chi connectivity index (χ1) is 13.9. The number of halogens is 2. The number of methoxy groups -OCH3 is 1. The zero-order valence-corrected chi connectivity index (χ0v) is 17.5. The molecule has 2 aromatic carbocycles. The van der Waals surface area contributed by atoms with Crippen molar-refractivity contribution >= 4 is 52.2 Å². The highest BCUT2D eigenvalue weighted by molar-refractivity contribution is 7.18. The number of carboxylic acids is 1. The quantitative estimate of drug-likeness (QED) is 0.445. The molecule has 0 saturated carbocycles. The topological polar surface area (TPSA) is 87.7 Å². The minimum Gasteiger partial charge on any atom is -0.497 e. The van der Waals surface area contributed by atoms with Crippen LogP contribution in [-0.4, -0.2) is 24.2 Å². The number of carboxylic acid groups (broad SMARTS) is 1. The number of thiophene rings is 1. The first-order valence-corrected chi connectivity index (χ1v) is 9.95. The Morgan fingerprint density at radius 3 is 2.41 bits per heavy atom. The van der Waals surface area contributed by atoms with E-state index in [9.17, 15) is 14.7 Å². The van der Waals surface area contributed by atoms with Gasteiger partial charge in [-0.2, -0.15) is 0 Å². The maximum atomic E-state index is 12.3. The van der Waals surface area contributed by atoms with Gasteiger partial charge in [0, 0.05) is 11.4 Å². The maximum absolute atomic E-state index is 12.3. The molecule has 3 rings (SSSR count). The van der Waals surface area contributed by atoms with Crippen LogP contribution in [0.2, 0.25) is 10.0 Å². The van der Waals surface area contributed by atoms with Crippen LogP contribution in [0.3, 0.4) is 0 Å². The minimum atomic E-state index is -1.13. The Morgan fingerprint density at radius 2 is 1.79 bits per heavy atom. The third kappa shape index (κ3) is 5.20. The molecule has 3 aromatic rings. The van der Waals surface area contributed by atoms with Gasteiger partial charge in [0.25, 0.3) is 0 Å². The molecule has 0 radical (unpaired) electrons. The molecule has 0 unspecified atom stereocenters. The number of anilines is 1. The Kier molecular flexibility index (Phi) is 6.64. The molecule has 0 aliphatic heterocycles. The van der Waals surface area contributed by atoms with E-state index in [1.165, 1.54) is 0 Å². The van der Waals surface area contributed by atoms with Crippen LogP contribution < -0.4 is 15.4 Å². The second-order valence-corrected chi connectivity index (χ2v) is 7.81. The van der Waals surface area contributed by atoms with Crippen molar-refractivity contribution in [2.75, 3.05) is 12.4 Å². The van der Waals surface area contributed by atoms with Crippen LogP contribution in [0.1, 0.15) is 15.2 Å². The lowest BCUT2D eigenvalue weighted by molar-refractivity contribution is 0.0703. The van der Waals surface area contributed by atoms with E-state index in [4.69, 9.17) is 27.9 Å². The van der Waals surface area contributed by atoms with E-state index in [-0.39, 0.29) is 17.1 Å². The number of benzene rings is 2. The van der Waals surface area contributed by atoms with Crippen molar-refractivity contribution in [1.29, 1.82) is 0 Å². The predicted molar refractivity (Wildman–Crippen MR) is 116 cm³/mol. The lowest BCUT2D eigenvalue weighted by Crippen LogP contribution is -2.28. The van der Waals surface area contributed by atoms with Crippen molar-refractivity contribution in [1.82, 2.24) is 5.32 Å². The molecule has 6 nitrogen and oxygen atoms in total. The number of ether oxygens (including phenoxy) is 1. The molecule has 0 aliphatic carbocycles. The molecule has 3 N–H and O–H groups in total. The Hall–Kier alpha value is -2.74. The average Bonchev–Trinajstić information content (AvgIpc) is 3.13. The van der Waals surface area contributed by atoms with Crippen molar-refractivity contribution in [3.8, 4) is 16.2 Å². The Morgan fingerprint density at radius 1 is 1.07 bits per heavy atom. The van der Waals surface area contributed by atoms with Crippen LogP contribution >= 0.6 is 34.5 Å². The van der Waals surface area contributed by atoms with Gasteiger partial charge in [-0.15, -0.1) is 11.3 Å². The lowest BCUT2D eigenvalue weighted by Gasteiger charge is -2.08. The number of carbonyl (C=O) groups excluding carboxylic acids is 1. The Bertz CT molecular complexity index is 1050. The Balaban J connectivity index is 1.73. The van der Waals surface area contributed by atoms with Gasteiger partial charge in [0.2, 0.25) is 0 Å². The molecular weight excluding hydrogens is 435 g/mol. The molecule has 29 heavy (non-hydrogen) atoms. The molecule has 0 spiro atoms. The van der Waals surface area contributed by atoms with Gasteiger partial charge < -0.3 is 20.5 Å². The van der Waals surface area contributed by atoms with E-state index < -0.39 is 12.0 Å². The van der Waals surface area contributed by atoms with Gasteiger partial charge >= 0.3 is 12.0 Å². The summed E-state index contributed by atoms with van der Waals surface area (Å²) in [5.74, 6) is -0.413. The number of hydrogen-bond donors (Lipinski definition) is 3. The Labute approximate surface area is 181 Å². The van der Waals surface area contributed by atoms with E-state index in [0.29, 0.717) is 20.5 Å². The fraction of sp³-hybridized carbons (Fsp3) is 0.100. The molecule has 0 fully saturated rings. The van der Waals surface area contributed by atoms with E-state index >= 15 is 0 Å². The zero-order chi connectivity index (χ0) is 21.0. The molecular formula is C20H16Cl2N2O4S. The van der Waals surface area contributed by atoms with Gasteiger partial charge in [0.05, 0.1) is 22.8 Å². The smallest absolute Gasteiger partial charge is 0.348 e. The summed E-state index contributed by atoms with van der Waals surface area (Å²) in [6.07, 6.45) is 0. The first-order valence-electron chi connectivity index (χ1n) is 8.37. The third-order valence-corrected chi connectivity index (χ3v) is 5.90. The number of urea groups is 1. The van der Waals surface area contributed by atoms with Crippen LogP contribution in [0.5, 0.6) is 5.75 Å². The number of nitrogens with one attached hydrogen (secondary N) is 2. The second kappa shape index (κ2) is 9.17. The van der Waals surface area contributed by atoms with Crippen molar-refractivity contribution in [2.45, 2.75) is 6.54 Å². The van der Waals surface area contributed by atoms with Crippen molar-refractivity contribution in [2.24, 2.45) is 0 Å². The molecule has 1 aromatic heterocycles. The van der Waals surface area contributed by atoms with E-state index in [1.54, 1.807) is 43.5 Å². The zero-order valence-electron chi connectivity index (χ0n) is 15.2. The van der Waals surface area contributed by atoms with Gasteiger partial charge in [0.1, 0.15) is 10.6 Å². The normalized spacial score (nSPS) is 10.4. The van der Waals surface area contributed by atoms with Crippen molar-refractivity contribution < 1.29 is 19.4 Å². The van der Waals surface area contributed by atoms with Gasteiger partial charge in [-0.05, 0) is 41.5 Å². The molecule has 150 valence electrons. The van der Waals surface area contributed by atoms with Crippen LogP contribution in [0.15, 0.2) is 48.5 Å². The maximum Gasteiger partial charge on any atom is 0.348 e. The van der Waals surface area contributed by atoms with Gasteiger partial charge in [-0.3, -0.25) is 0 Å². The summed E-state index contributed by atoms with van der Waals surface area (Å²) in [4.78, 5) is 24.5. The van der Waals surface area contributed by atoms with E-state index in [2.05, 4.69) is 10.6 Å². The van der Waals surface area contributed by atoms with Gasteiger partial charge in [-0.25, -0.2) is 9.59 Å². The van der Waals surface area contributed by atoms with E-state index in [0.717, 1.165) is 22.6 Å². The van der Waals surface area contributed by atoms with Crippen molar-refractivity contribution in [3.63, 3.8) is 0 Å². The van der Waals surface area contributed by atoms with Crippen molar-refractivity contribution in [3.05, 3.63) is 69.0 Å². The summed E-state index contributed by atoms with van der Waals surface area (Å²) in [5, 5.41) is 15.5. The van der Waals surface area contributed by atoms with Crippen LogP contribution in [0.4, 0.5) is 10.5 Å². The third-order valence-electron chi connectivity index (χ3n) is 3.99. The standard InChI is InChI=1S/C20H16Cl2N2O4S/c1-28-13-5-2-11(3-6-13)10-23-20(27)24-16-9-17(29-18(16)19(25)26)12-4-7-14(21)15(22)8-12/h2-9H,10H2,1H3,(H,25,26)(H2,23,24,27). The molecule has 2 amide bonds. The number of hydrogen-bond acceptors (Lipinski definition) is 4. The largest absolute Gasteiger partial charge is 0.497 e. The fourth-order valence-corrected chi connectivity index (χ4v) is 3.77. The van der Waals surface area contributed by atoms with Gasteiger partial charge in [-0.1, -0.05) is 41.4 Å². The molecule has 0 aliphatic rings. The summed E-state index contributed by atoms with van der Waals surface area (Å²) >= 11 is 13.0. The van der Waals surface area contributed by atoms with Crippen LogP contribution in [0, 0.1) is 0 Å². The second-order valence-electron chi connectivity index (χ2n) is 5.94. The van der Waals surface area contributed by atoms with Crippen LogP contribution in [-0.2, 0) is 6.54 Å². The summed E-state index contributed by atoms with van der Waals surface area (Å²) < 4.78 is 5.09. The SMILES string of the molecule is COc1ccc(CNC(=O)Nc2cc(-c3ccc(Cl)c(Cl)c3)sc2C(=O)O)cc1. The highest BCUT2D eigenvalue weighted by Gasteiger charge is 2.18. The highest BCUT2D eigenvalue weighted by atomic mass is 35.5. The summed E-state index contributed by atoms with van der Waals surface area (Å²) in [7, 11) is 1.58. The monoisotopic (exact) mass is 450 g/mol. The lowest BCUT2D eigenvalue weighted by atomic mass is 10.2. The fourth-order valence-electron chi connectivity index (χ4n) is 2.53. The molecule has 0 saturated heterocycles. The molecule has 0 atom stereocenters. The predicted octanol–water partition coefficient (Wildman–Crippen LogP) is 5.75. The summed E-state index contributed by atoms with van der Waals surface area (Å²) in [6.45, 7) is 0.280. The molecule has 1 heterocycles. The van der Waals surface area contributed by atoms with Crippen LogP contribution in [0.25, 0.3) is 10.4 Å². The molecule has 9 heteroatoms. The van der Waals surface area contributed by atoms with Gasteiger partial charge in [0.15, 0.2) is 0 Å². The number of aromatic carboxylic acids is 1. The molecule has 0 bridgehead atoms. The average molecular weight is 451 g/mol. The van der Waals surface area contributed by atoms with E-state index in [1.807, 2.05) is 12.1 Å². The number of rotatable bonds is 6. The highest BCUT2D eigenvalue weighted by Crippen LogP contribution is 2.37. The minimum absolute atomic E-state index is 0.0191. The summed E-state index contributed by atoms with van der Waals surface area (Å²) in [6, 6.07) is 13.3. The number of amides is 2. The first kappa shape index (κ1) is 21.0. The number of carbonyl (C=O) groups is 2. The summed E-state index contributed by atoms with van der Waals surface area (Å²) in [5.41, 5.74) is 1.79.